The van der Waals surface area contributed by atoms with Crippen LogP contribution in [0.4, 0.5) is 5.69 Å². The lowest BCUT2D eigenvalue weighted by Crippen LogP contribution is -2.53. The number of hydrogen-bond donors (Lipinski definition) is 0. The number of benzene rings is 4. The van der Waals surface area contributed by atoms with Gasteiger partial charge < -0.3 is 4.57 Å². The Labute approximate surface area is 162 Å². The largest absolute Gasteiger partial charge is 0.310 e. The first-order chi connectivity index (χ1) is 13.9. The number of nitrogens with zero attached hydrogens (tertiary/aromatic N) is 2. The molecule has 0 saturated heterocycles. The lowest BCUT2D eigenvalue weighted by Gasteiger charge is -2.24. The van der Waals surface area contributed by atoms with E-state index in [0.717, 1.165) is 5.69 Å². The topological polar surface area (TPSA) is 9.29 Å². The highest BCUT2D eigenvalue weighted by atomic mass is 15.0. The first-order valence-corrected chi connectivity index (χ1v) is 9.54. The van der Waals surface area contributed by atoms with E-state index in [0.29, 0.717) is 0 Å². The maximum absolute atomic E-state index is 7.75. The third kappa shape index (κ3) is 1.45. The summed E-state index contributed by atoms with van der Waals surface area (Å²) in [7, 11) is 0. The molecule has 3 heteroatoms. The minimum absolute atomic E-state index is 0.131. The van der Waals surface area contributed by atoms with Gasteiger partial charge in [0.15, 0.2) is 5.69 Å². The first-order valence-electron chi connectivity index (χ1n) is 9.54. The van der Waals surface area contributed by atoms with Crippen LogP contribution in [0.2, 0.25) is 0 Å². The summed E-state index contributed by atoms with van der Waals surface area (Å²) in [6.07, 6.45) is 0. The molecule has 0 unspecified atom stereocenters. The number of para-hydroxylation sites is 2. The van der Waals surface area contributed by atoms with E-state index >= 15 is 0 Å². The maximum atomic E-state index is 7.75. The molecular formula is C25H13BN2. The fourth-order valence-electron chi connectivity index (χ4n) is 5.46. The highest BCUT2D eigenvalue weighted by molar-refractivity contribution is 7.02. The zero-order valence-electron chi connectivity index (χ0n) is 15.0. The Bertz CT molecular complexity index is 1530. The molecule has 7 rings (SSSR count). The van der Waals surface area contributed by atoms with E-state index in [4.69, 9.17) is 6.57 Å². The van der Waals surface area contributed by atoms with Crippen LogP contribution in [0.5, 0.6) is 0 Å². The molecule has 0 atom stereocenters. The predicted octanol–water partition coefficient (Wildman–Crippen LogP) is 4.14. The Kier molecular flexibility index (Phi) is 2.42. The van der Waals surface area contributed by atoms with Crippen molar-refractivity contribution in [3.8, 4) is 16.8 Å². The fraction of sp³-hybridized carbons (Fsp3) is 0. The van der Waals surface area contributed by atoms with E-state index in [1.165, 1.54) is 55.0 Å². The lowest BCUT2D eigenvalue weighted by atomic mass is 9.37. The van der Waals surface area contributed by atoms with Crippen molar-refractivity contribution in [1.29, 1.82) is 0 Å². The molecule has 0 amide bonds. The number of rotatable bonds is 0. The van der Waals surface area contributed by atoms with E-state index in [9.17, 15) is 0 Å². The van der Waals surface area contributed by atoms with Gasteiger partial charge in [0, 0.05) is 22.0 Å². The lowest BCUT2D eigenvalue weighted by molar-refractivity contribution is 1.19. The Morgan fingerprint density at radius 3 is 2.36 bits per heavy atom. The van der Waals surface area contributed by atoms with Crippen molar-refractivity contribution in [3.63, 3.8) is 0 Å². The van der Waals surface area contributed by atoms with Gasteiger partial charge in [-0.3, -0.25) is 0 Å². The monoisotopic (exact) mass is 352 g/mol. The van der Waals surface area contributed by atoms with Crippen LogP contribution in [-0.4, -0.2) is 11.3 Å². The third-order valence-corrected chi connectivity index (χ3v) is 6.43. The summed E-state index contributed by atoms with van der Waals surface area (Å²) in [6.45, 7) is 7.89. The molecular weight excluding hydrogens is 339 g/mol. The Hall–Kier alpha value is -3.77. The summed E-state index contributed by atoms with van der Waals surface area (Å²) in [6, 6.07) is 28.0. The van der Waals surface area contributed by atoms with Gasteiger partial charge >= 0.3 is 0 Å². The van der Waals surface area contributed by atoms with Crippen molar-refractivity contribution in [2.45, 2.75) is 0 Å². The van der Waals surface area contributed by atoms with Crippen molar-refractivity contribution in [2.24, 2.45) is 0 Å². The second-order valence-electron chi connectivity index (χ2n) is 7.62. The molecule has 1 aromatic heterocycles. The zero-order chi connectivity index (χ0) is 18.4. The molecule has 2 nitrogen and oxygen atoms in total. The normalized spacial score (nSPS) is 12.9. The SMILES string of the molecule is [C-]#[N+]c1cccc2c1B1c3c-2cccc3-n2c3ccccc3c3cccc1c32. The van der Waals surface area contributed by atoms with Gasteiger partial charge in [-0.25, -0.2) is 4.85 Å². The minimum Gasteiger partial charge on any atom is -0.310 e. The van der Waals surface area contributed by atoms with Crippen LogP contribution in [0, 0.1) is 6.57 Å². The third-order valence-electron chi connectivity index (χ3n) is 6.43. The minimum atomic E-state index is 0.131. The molecule has 0 aliphatic carbocycles. The molecule has 126 valence electrons. The average Bonchev–Trinajstić information content (AvgIpc) is 3.27. The summed E-state index contributed by atoms with van der Waals surface area (Å²) in [4.78, 5) is 3.88. The summed E-state index contributed by atoms with van der Waals surface area (Å²) in [5.74, 6) is 0. The van der Waals surface area contributed by atoms with Gasteiger partial charge in [-0.05, 0) is 34.2 Å². The fourth-order valence-corrected chi connectivity index (χ4v) is 5.46. The molecule has 0 bridgehead atoms. The number of fused-ring (bicyclic) bond motifs is 8. The van der Waals surface area contributed by atoms with Gasteiger partial charge in [0.1, 0.15) is 0 Å². The average molecular weight is 352 g/mol. The highest BCUT2D eigenvalue weighted by Gasteiger charge is 2.41. The molecule has 0 spiro atoms. The molecule has 0 fully saturated rings. The van der Waals surface area contributed by atoms with Gasteiger partial charge in [-0.2, -0.15) is 0 Å². The highest BCUT2D eigenvalue weighted by Crippen LogP contribution is 2.37. The molecule has 3 heterocycles. The second-order valence-corrected chi connectivity index (χ2v) is 7.62. The summed E-state index contributed by atoms with van der Waals surface area (Å²) in [5, 5.41) is 2.58. The van der Waals surface area contributed by atoms with Gasteiger partial charge in [-0.15, -0.1) is 0 Å². The first kappa shape index (κ1) is 14.3. The van der Waals surface area contributed by atoms with E-state index in [1.807, 2.05) is 12.1 Å². The van der Waals surface area contributed by atoms with Crippen LogP contribution in [0.1, 0.15) is 0 Å². The molecule has 0 N–H and O–H groups in total. The Morgan fingerprint density at radius 2 is 1.46 bits per heavy atom. The van der Waals surface area contributed by atoms with Crippen LogP contribution in [0.3, 0.4) is 0 Å². The maximum Gasteiger partial charge on any atom is 0.237 e. The van der Waals surface area contributed by atoms with E-state index in [-0.39, 0.29) is 6.71 Å². The smallest absolute Gasteiger partial charge is 0.237 e. The molecule has 0 saturated carbocycles. The van der Waals surface area contributed by atoms with Crippen LogP contribution in [-0.2, 0) is 0 Å². The predicted molar refractivity (Wildman–Crippen MR) is 117 cm³/mol. The molecule has 28 heavy (non-hydrogen) atoms. The molecule has 5 aromatic rings. The van der Waals surface area contributed by atoms with Crippen LogP contribution >= 0.6 is 0 Å². The van der Waals surface area contributed by atoms with Gasteiger partial charge in [0.2, 0.25) is 6.71 Å². The van der Waals surface area contributed by atoms with E-state index < -0.39 is 0 Å². The van der Waals surface area contributed by atoms with Crippen molar-refractivity contribution < 1.29 is 0 Å². The summed E-state index contributed by atoms with van der Waals surface area (Å²) < 4.78 is 2.43. The van der Waals surface area contributed by atoms with Crippen LogP contribution < -0.4 is 16.4 Å². The summed E-state index contributed by atoms with van der Waals surface area (Å²) in [5.41, 5.74) is 10.9. The van der Waals surface area contributed by atoms with Crippen molar-refractivity contribution in [3.05, 3.63) is 90.3 Å². The van der Waals surface area contributed by atoms with Crippen molar-refractivity contribution in [2.75, 3.05) is 0 Å². The van der Waals surface area contributed by atoms with Crippen LogP contribution in [0.15, 0.2) is 78.9 Å². The van der Waals surface area contributed by atoms with Gasteiger partial charge in [0.05, 0.1) is 12.1 Å². The van der Waals surface area contributed by atoms with Crippen LogP contribution in [0.25, 0.3) is 43.5 Å². The van der Waals surface area contributed by atoms with Gasteiger partial charge in [-0.1, -0.05) is 72.2 Å². The van der Waals surface area contributed by atoms with E-state index in [1.54, 1.807) is 0 Å². The second kappa shape index (κ2) is 4.74. The number of aromatic nitrogens is 1. The Morgan fingerprint density at radius 1 is 0.714 bits per heavy atom. The Balaban J connectivity index is 1.77. The zero-order valence-corrected chi connectivity index (χ0v) is 15.0. The molecule has 2 aliphatic heterocycles. The standard InChI is InChI=1S/C25H13BN2/c1-27-20-12-5-8-16-17-9-6-14-22-24(17)26(23(16)20)19-11-4-10-18-15-7-2-3-13-21(15)28(22)25(18)19/h2-14H. The number of hydrogen-bond acceptors (Lipinski definition) is 0. The van der Waals surface area contributed by atoms with Crippen molar-refractivity contribution in [1.82, 2.24) is 4.57 Å². The van der Waals surface area contributed by atoms with E-state index in [2.05, 4.69) is 76.1 Å². The summed E-state index contributed by atoms with van der Waals surface area (Å²) >= 11 is 0. The molecule has 0 radical (unpaired) electrons. The molecule has 2 aliphatic rings. The quantitative estimate of drug-likeness (QED) is 0.287. The van der Waals surface area contributed by atoms with Gasteiger partial charge in [0.25, 0.3) is 0 Å². The van der Waals surface area contributed by atoms with Crippen molar-refractivity contribution >= 4 is 50.6 Å². The molecule has 4 aromatic carbocycles.